The summed E-state index contributed by atoms with van der Waals surface area (Å²) in [7, 11) is 0. The third kappa shape index (κ3) is 4.12. The van der Waals surface area contributed by atoms with Crippen molar-refractivity contribution in [2.45, 2.75) is 13.2 Å². The zero-order valence-electron chi connectivity index (χ0n) is 16.2. The molecule has 0 bridgehead atoms. The van der Waals surface area contributed by atoms with E-state index in [0.717, 1.165) is 22.4 Å². The molecule has 7 heteroatoms. The lowest BCUT2D eigenvalue weighted by atomic mass is 10.1. The van der Waals surface area contributed by atoms with Gasteiger partial charge < -0.3 is 18.9 Å². The minimum Gasteiger partial charge on any atom is -0.489 e. The highest BCUT2D eigenvalue weighted by molar-refractivity contribution is 6.31. The number of ether oxygens (including phenoxy) is 4. The quantitative estimate of drug-likeness (QED) is 0.448. The molecule has 0 N–H and O–H groups in total. The molecular weight excluding hydrogens is 439 g/mol. The predicted molar refractivity (Wildman–Crippen MR) is 117 cm³/mol. The van der Waals surface area contributed by atoms with Crippen LogP contribution in [-0.2, 0) is 18.0 Å². The first-order valence-electron chi connectivity index (χ1n) is 9.55. The van der Waals surface area contributed by atoms with Gasteiger partial charge in [0.2, 0.25) is 5.78 Å². The average molecular weight is 455 g/mol. The zero-order chi connectivity index (χ0) is 21.4. The maximum absolute atomic E-state index is 12.7. The van der Waals surface area contributed by atoms with E-state index in [1.165, 1.54) is 0 Å². The number of carbonyl (C=O) groups excluding carboxylic acids is 1. The van der Waals surface area contributed by atoms with E-state index in [-0.39, 0.29) is 24.9 Å². The zero-order valence-corrected chi connectivity index (χ0v) is 17.7. The van der Waals surface area contributed by atoms with E-state index in [1.807, 2.05) is 24.3 Å². The molecule has 0 aromatic heterocycles. The molecule has 5 rings (SSSR count). The molecule has 0 atom stereocenters. The molecule has 0 spiro atoms. The first-order chi connectivity index (χ1) is 15.1. The molecule has 0 unspecified atom stereocenters. The summed E-state index contributed by atoms with van der Waals surface area (Å²) in [5.41, 5.74) is 2.98. The smallest absolute Gasteiger partial charge is 0.231 e. The topological polar surface area (TPSA) is 54.0 Å². The fourth-order valence-electron chi connectivity index (χ4n) is 3.53. The highest BCUT2D eigenvalue weighted by Crippen LogP contribution is 2.36. The van der Waals surface area contributed by atoms with Crippen molar-refractivity contribution in [3.05, 3.63) is 92.7 Å². The molecule has 31 heavy (non-hydrogen) atoms. The number of allylic oxidation sites excluding steroid dienone is 1. The van der Waals surface area contributed by atoms with E-state index >= 15 is 0 Å². The lowest BCUT2D eigenvalue weighted by molar-refractivity contribution is -0.0175. The van der Waals surface area contributed by atoms with Gasteiger partial charge in [-0.05, 0) is 48.0 Å². The third-order valence-electron chi connectivity index (χ3n) is 4.93. The van der Waals surface area contributed by atoms with Crippen LogP contribution >= 0.6 is 23.2 Å². The van der Waals surface area contributed by atoms with Crippen LogP contribution in [0.2, 0.25) is 10.0 Å². The van der Waals surface area contributed by atoms with E-state index in [2.05, 4.69) is 0 Å². The summed E-state index contributed by atoms with van der Waals surface area (Å²) in [5, 5.41) is 1.18. The van der Waals surface area contributed by atoms with Gasteiger partial charge in [0.05, 0.1) is 12.2 Å². The van der Waals surface area contributed by atoms with Crippen molar-refractivity contribution in [2.24, 2.45) is 0 Å². The summed E-state index contributed by atoms with van der Waals surface area (Å²) in [6.07, 6.45) is 1.67. The number of Topliss-reactive ketones (excluding diaryl/α,β-unsaturated/α-hetero) is 1. The Labute approximate surface area is 188 Å². The third-order valence-corrected chi connectivity index (χ3v) is 5.39. The highest BCUT2D eigenvalue weighted by atomic mass is 35.5. The molecule has 156 valence electrons. The van der Waals surface area contributed by atoms with E-state index in [0.29, 0.717) is 33.7 Å². The molecule has 0 fully saturated rings. The van der Waals surface area contributed by atoms with Crippen LogP contribution in [0.3, 0.4) is 0 Å². The monoisotopic (exact) mass is 454 g/mol. The average Bonchev–Trinajstić information content (AvgIpc) is 3.06. The molecule has 0 saturated carbocycles. The van der Waals surface area contributed by atoms with Crippen LogP contribution in [0, 0.1) is 0 Å². The van der Waals surface area contributed by atoms with Crippen molar-refractivity contribution < 1.29 is 23.7 Å². The Morgan fingerprint density at radius 2 is 1.94 bits per heavy atom. The SMILES string of the molecule is O=C1/C(=C/c2cccc(Cl)c2)Oc2cc(OCc3cc(Cl)cc4c3OCOC4)ccc21. The highest BCUT2D eigenvalue weighted by Gasteiger charge is 2.28. The summed E-state index contributed by atoms with van der Waals surface area (Å²) >= 11 is 12.2. The standard InChI is InChI=1S/C24H16Cl2O5/c25-17-3-1-2-14(6-17)7-22-23(27)20-5-4-19(10-21(20)31-22)29-12-16-9-18(26)8-15-11-28-13-30-24(15)16/h1-10H,11-13H2/b22-7-. The molecule has 0 saturated heterocycles. The summed E-state index contributed by atoms with van der Waals surface area (Å²) < 4.78 is 22.7. The minimum absolute atomic E-state index is 0.182. The van der Waals surface area contributed by atoms with Crippen molar-refractivity contribution in [1.82, 2.24) is 0 Å². The largest absolute Gasteiger partial charge is 0.489 e. The first-order valence-corrected chi connectivity index (χ1v) is 10.3. The Balaban J connectivity index is 1.35. The van der Waals surface area contributed by atoms with Crippen molar-refractivity contribution in [3.63, 3.8) is 0 Å². The van der Waals surface area contributed by atoms with Gasteiger partial charge in [0.1, 0.15) is 23.9 Å². The first kappa shape index (κ1) is 19.9. The van der Waals surface area contributed by atoms with Crippen LogP contribution in [0.5, 0.6) is 17.2 Å². The summed E-state index contributed by atoms with van der Waals surface area (Å²) in [4.78, 5) is 12.7. The van der Waals surface area contributed by atoms with Gasteiger partial charge in [0, 0.05) is 27.2 Å². The molecular formula is C24H16Cl2O5. The number of fused-ring (bicyclic) bond motifs is 2. The van der Waals surface area contributed by atoms with E-state index < -0.39 is 0 Å². The van der Waals surface area contributed by atoms with Gasteiger partial charge in [-0.15, -0.1) is 0 Å². The molecule has 2 heterocycles. The number of benzene rings is 3. The van der Waals surface area contributed by atoms with Crippen molar-refractivity contribution in [2.75, 3.05) is 6.79 Å². The molecule has 0 radical (unpaired) electrons. The van der Waals surface area contributed by atoms with Crippen molar-refractivity contribution >= 4 is 35.1 Å². The Morgan fingerprint density at radius 3 is 2.81 bits per heavy atom. The fraction of sp³-hybridized carbons (Fsp3) is 0.125. The second kappa shape index (κ2) is 8.27. The Bertz CT molecular complexity index is 1220. The normalized spacial score (nSPS) is 15.8. The van der Waals surface area contributed by atoms with Gasteiger partial charge in [-0.25, -0.2) is 0 Å². The van der Waals surface area contributed by atoms with E-state index in [9.17, 15) is 4.79 Å². The molecule has 0 aliphatic carbocycles. The van der Waals surface area contributed by atoms with E-state index in [4.69, 9.17) is 42.1 Å². The van der Waals surface area contributed by atoms with E-state index in [1.54, 1.807) is 36.4 Å². The molecule has 2 aliphatic rings. The number of hydrogen-bond acceptors (Lipinski definition) is 5. The number of carbonyl (C=O) groups is 1. The Kier molecular flexibility index (Phi) is 5.32. The molecule has 3 aromatic carbocycles. The lowest BCUT2D eigenvalue weighted by Gasteiger charge is -2.21. The second-order valence-electron chi connectivity index (χ2n) is 7.11. The van der Waals surface area contributed by atoms with Crippen LogP contribution in [0.1, 0.15) is 27.0 Å². The lowest BCUT2D eigenvalue weighted by Crippen LogP contribution is -2.14. The van der Waals surface area contributed by atoms with Gasteiger partial charge in [-0.1, -0.05) is 35.3 Å². The van der Waals surface area contributed by atoms with Gasteiger partial charge in [0.15, 0.2) is 12.6 Å². The van der Waals surface area contributed by atoms with Crippen LogP contribution < -0.4 is 14.2 Å². The van der Waals surface area contributed by atoms with Crippen LogP contribution in [0.4, 0.5) is 0 Å². The fourth-order valence-corrected chi connectivity index (χ4v) is 3.99. The van der Waals surface area contributed by atoms with Gasteiger partial charge in [-0.3, -0.25) is 4.79 Å². The summed E-state index contributed by atoms with van der Waals surface area (Å²) in [6, 6.07) is 16.0. The van der Waals surface area contributed by atoms with Crippen LogP contribution in [0.25, 0.3) is 6.08 Å². The molecule has 2 aliphatic heterocycles. The summed E-state index contributed by atoms with van der Waals surface area (Å²) in [6.45, 7) is 0.887. The number of rotatable bonds is 4. The predicted octanol–water partition coefficient (Wildman–Crippen LogP) is 6.06. The summed E-state index contributed by atoms with van der Waals surface area (Å²) in [5.74, 6) is 1.81. The Morgan fingerprint density at radius 1 is 1.03 bits per heavy atom. The second-order valence-corrected chi connectivity index (χ2v) is 7.98. The maximum Gasteiger partial charge on any atom is 0.231 e. The Hall–Kier alpha value is -2.99. The van der Waals surface area contributed by atoms with Crippen LogP contribution in [0.15, 0.2) is 60.4 Å². The maximum atomic E-state index is 12.7. The van der Waals surface area contributed by atoms with Crippen molar-refractivity contribution in [3.8, 4) is 17.2 Å². The molecule has 3 aromatic rings. The molecule has 5 nitrogen and oxygen atoms in total. The van der Waals surface area contributed by atoms with Gasteiger partial charge >= 0.3 is 0 Å². The number of ketones is 1. The molecule has 0 amide bonds. The van der Waals surface area contributed by atoms with Gasteiger partial charge in [-0.2, -0.15) is 0 Å². The van der Waals surface area contributed by atoms with Crippen molar-refractivity contribution in [1.29, 1.82) is 0 Å². The number of hydrogen-bond donors (Lipinski definition) is 0. The van der Waals surface area contributed by atoms with Crippen LogP contribution in [-0.4, -0.2) is 12.6 Å². The number of halogens is 2. The minimum atomic E-state index is -0.182. The van der Waals surface area contributed by atoms with Gasteiger partial charge in [0.25, 0.3) is 0 Å².